The van der Waals surface area contributed by atoms with E-state index in [9.17, 15) is 9.18 Å². The first-order valence-electron chi connectivity index (χ1n) is 6.19. The van der Waals surface area contributed by atoms with Gasteiger partial charge in [-0.15, -0.1) is 5.10 Å². The van der Waals surface area contributed by atoms with Crippen molar-refractivity contribution >= 4 is 29.2 Å². The van der Waals surface area contributed by atoms with Gasteiger partial charge >= 0.3 is 5.97 Å². The number of ether oxygens (including phenoxy) is 1. The SMILES string of the molecule is COC(=O)c1cc(-c2ccn3nc(N)nc3c2)c(F)cc1Cl. The minimum atomic E-state index is -0.640. The van der Waals surface area contributed by atoms with Crippen LogP contribution in [0.1, 0.15) is 10.4 Å². The van der Waals surface area contributed by atoms with Gasteiger partial charge in [0.2, 0.25) is 5.95 Å². The van der Waals surface area contributed by atoms with Gasteiger partial charge < -0.3 is 10.5 Å². The molecule has 2 N–H and O–H groups in total. The lowest BCUT2D eigenvalue weighted by atomic mass is 10.0. The topological polar surface area (TPSA) is 82.5 Å². The molecule has 0 aliphatic carbocycles. The Bertz CT molecular complexity index is 894. The maximum Gasteiger partial charge on any atom is 0.339 e. The van der Waals surface area contributed by atoms with Gasteiger partial charge in [-0.1, -0.05) is 11.6 Å². The van der Waals surface area contributed by atoms with Gasteiger partial charge in [-0.25, -0.2) is 13.7 Å². The average molecular weight is 321 g/mol. The summed E-state index contributed by atoms with van der Waals surface area (Å²) in [6.45, 7) is 0. The molecule has 3 aromatic rings. The van der Waals surface area contributed by atoms with Crippen LogP contribution in [0.25, 0.3) is 16.8 Å². The number of nitrogen functional groups attached to an aromatic ring is 1. The zero-order valence-corrected chi connectivity index (χ0v) is 12.1. The summed E-state index contributed by atoms with van der Waals surface area (Å²) in [5.74, 6) is -1.09. The van der Waals surface area contributed by atoms with Crippen molar-refractivity contribution in [3.63, 3.8) is 0 Å². The Morgan fingerprint density at radius 1 is 1.41 bits per heavy atom. The average Bonchev–Trinajstić information content (AvgIpc) is 2.85. The van der Waals surface area contributed by atoms with E-state index in [0.717, 1.165) is 6.07 Å². The van der Waals surface area contributed by atoms with E-state index in [1.165, 1.54) is 17.7 Å². The number of halogens is 2. The van der Waals surface area contributed by atoms with Crippen LogP contribution in [-0.2, 0) is 4.74 Å². The summed E-state index contributed by atoms with van der Waals surface area (Å²) in [5, 5.41) is 3.92. The van der Waals surface area contributed by atoms with Crippen LogP contribution >= 0.6 is 11.6 Å². The summed E-state index contributed by atoms with van der Waals surface area (Å²) < 4.78 is 20.3. The summed E-state index contributed by atoms with van der Waals surface area (Å²) >= 11 is 5.88. The van der Waals surface area contributed by atoms with Gasteiger partial charge in [0.25, 0.3) is 0 Å². The lowest BCUT2D eigenvalue weighted by molar-refractivity contribution is 0.0601. The van der Waals surface area contributed by atoms with Crippen molar-refractivity contribution < 1.29 is 13.9 Å². The molecule has 22 heavy (non-hydrogen) atoms. The second kappa shape index (κ2) is 5.27. The zero-order valence-electron chi connectivity index (χ0n) is 11.4. The van der Waals surface area contributed by atoms with E-state index in [4.69, 9.17) is 17.3 Å². The van der Waals surface area contributed by atoms with Gasteiger partial charge in [0.15, 0.2) is 5.65 Å². The molecular weight excluding hydrogens is 311 g/mol. The van der Waals surface area contributed by atoms with Crippen molar-refractivity contribution in [2.45, 2.75) is 0 Å². The Balaban J connectivity index is 2.18. The molecule has 6 nitrogen and oxygen atoms in total. The van der Waals surface area contributed by atoms with Crippen LogP contribution in [-0.4, -0.2) is 27.7 Å². The summed E-state index contributed by atoms with van der Waals surface area (Å²) in [7, 11) is 1.23. The second-order valence-corrected chi connectivity index (χ2v) is 4.90. The Hall–Kier alpha value is -2.67. The molecule has 0 bridgehead atoms. The van der Waals surface area contributed by atoms with Crippen LogP contribution in [0.15, 0.2) is 30.5 Å². The number of nitrogens with zero attached hydrogens (tertiary/aromatic N) is 3. The van der Waals surface area contributed by atoms with Crippen molar-refractivity contribution in [1.29, 1.82) is 0 Å². The van der Waals surface area contributed by atoms with E-state index >= 15 is 0 Å². The lowest BCUT2D eigenvalue weighted by Crippen LogP contribution is -2.03. The van der Waals surface area contributed by atoms with Crippen molar-refractivity contribution in [3.8, 4) is 11.1 Å². The highest BCUT2D eigenvalue weighted by Crippen LogP contribution is 2.29. The first-order chi connectivity index (χ1) is 10.5. The molecule has 0 radical (unpaired) electrons. The van der Waals surface area contributed by atoms with Crippen molar-refractivity contribution in [3.05, 3.63) is 46.9 Å². The fourth-order valence-corrected chi connectivity index (χ4v) is 2.33. The van der Waals surface area contributed by atoms with Gasteiger partial charge in [-0.3, -0.25) is 0 Å². The van der Waals surface area contributed by atoms with E-state index in [1.807, 2.05) is 0 Å². The molecule has 0 unspecified atom stereocenters. The van der Waals surface area contributed by atoms with E-state index < -0.39 is 11.8 Å². The predicted molar refractivity (Wildman–Crippen MR) is 79.1 cm³/mol. The van der Waals surface area contributed by atoms with Crippen molar-refractivity contribution in [1.82, 2.24) is 14.6 Å². The van der Waals surface area contributed by atoms with Crippen molar-refractivity contribution in [2.75, 3.05) is 12.8 Å². The monoisotopic (exact) mass is 320 g/mol. The molecule has 2 heterocycles. The number of methoxy groups -OCH3 is 1. The number of fused-ring (bicyclic) bond motifs is 1. The Morgan fingerprint density at radius 3 is 2.91 bits per heavy atom. The van der Waals surface area contributed by atoms with Gasteiger partial charge in [0.05, 0.1) is 17.7 Å². The highest BCUT2D eigenvalue weighted by atomic mass is 35.5. The second-order valence-electron chi connectivity index (χ2n) is 4.49. The summed E-state index contributed by atoms with van der Waals surface area (Å²) in [6.07, 6.45) is 1.60. The molecule has 0 aliphatic rings. The molecule has 0 spiro atoms. The normalized spacial score (nSPS) is 10.9. The number of pyridine rings is 1. The number of carbonyl (C=O) groups is 1. The van der Waals surface area contributed by atoms with E-state index in [-0.39, 0.29) is 22.1 Å². The summed E-state index contributed by atoms with van der Waals surface area (Å²) in [6, 6.07) is 5.66. The van der Waals surface area contributed by atoms with Crippen LogP contribution < -0.4 is 5.73 Å². The van der Waals surface area contributed by atoms with Crippen LogP contribution in [0.2, 0.25) is 5.02 Å². The van der Waals surface area contributed by atoms with Gasteiger partial charge in [0, 0.05) is 11.8 Å². The Morgan fingerprint density at radius 2 is 2.18 bits per heavy atom. The number of anilines is 1. The van der Waals surface area contributed by atoms with E-state index in [1.54, 1.807) is 18.3 Å². The predicted octanol–water partition coefficient (Wildman–Crippen LogP) is 2.56. The molecule has 0 atom stereocenters. The lowest BCUT2D eigenvalue weighted by Gasteiger charge is -2.08. The number of rotatable bonds is 2. The van der Waals surface area contributed by atoms with Gasteiger partial charge in [0.1, 0.15) is 5.82 Å². The molecule has 8 heteroatoms. The van der Waals surface area contributed by atoms with E-state index in [0.29, 0.717) is 11.2 Å². The van der Waals surface area contributed by atoms with Gasteiger partial charge in [-0.2, -0.15) is 4.98 Å². The first kappa shape index (κ1) is 14.3. The maximum atomic E-state index is 14.2. The summed E-state index contributed by atoms with van der Waals surface area (Å²) in [4.78, 5) is 15.7. The number of nitrogens with two attached hydrogens (primary N) is 1. The zero-order chi connectivity index (χ0) is 15.9. The third kappa shape index (κ3) is 2.35. The quantitative estimate of drug-likeness (QED) is 0.734. The Labute approximate surface area is 129 Å². The van der Waals surface area contributed by atoms with Crippen LogP contribution in [0.4, 0.5) is 10.3 Å². The van der Waals surface area contributed by atoms with Crippen molar-refractivity contribution in [2.24, 2.45) is 0 Å². The molecule has 0 saturated carbocycles. The molecule has 112 valence electrons. The van der Waals surface area contributed by atoms with Crippen LogP contribution in [0.3, 0.4) is 0 Å². The van der Waals surface area contributed by atoms with E-state index in [2.05, 4.69) is 14.8 Å². The largest absolute Gasteiger partial charge is 0.465 e. The first-order valence-corrected chi connectivity index (χ1v) is 6.57. The number of benzene rings is 1. The third-order valence-corrected chi connectivity index (χ3v) is 3.44. The van der Waals surface area contributed by atoms with Crippen LogP contribution in [0, 0.1) is 5.82 Å². The molecule has 1 aromatic carbocycles. The summed E-state index contributed by atoms with van der Waals surface area (Å²) in [5.41, 5.74) is 6.78. The fourth-order valence-electron chi connectivity index (χ4n) is 2.10. The molecule has 0 amide bonds. The minimum absolute atomic E-state index is 0.0131. The number of hydrogen-bond acceptors (Lipinski definition) is 5. The maximum absolute atomic E-state index is 14.2. The highest BCUT2D eigenvalue weighted by Gasteiger charge is 2.17. The highest BCUT2D eigenvalue weighted by molar-refractivity contribution is 6.33. The standard InChI is InChI=1S/C14H10ClFN4O2/c1-22-13(21)9-5-8(11(16)6-10(9)15)7-2-3-20-12(4-7)18-14(17)19-20/h2-6H,1H3,(H2,17,19). The molecule has 0 aliphatic heterocycles. The third-order valence-electron chi connectivity index (χ3n) is 3.13. The molecular formula is C14H10ClFN4O2. The van der Waals surface area contributed by atoms with Crippen LogP contribution in [0.5, 0.6) is 0 Å². The number of hydrogen-bond donors (Lipinski definition) is 1. The minimum Gasteiger partial charge on any atom is -0.465 e. The number of carbonyl (C=O) groups excluding carboxylic acids is 1. The number of aromatic nitrogens is 3. The smallest absolute Gasteiger partial charge is 0.339 e. The fraction of sp³-hybridized carbons (Fsp3) is 0.0714. The molecule has 0 fully saturated rings. The molecule has 0 saturated heterocycles. The van der Waals surface area contributed by atoms with Gasteiger partial charge in [-0.05, 0) is 29.8 Å². The Kier molecular flexibility index (Phi) is 3.42. The molecule has 2 aromatic heterocycles. The number of esters is 1. The molecule has 3 rings (SSSR count).